The Hall–Kier alpha value is -1.31. The Labute approximate surface area is 144 Å². The zero-order chi connectivity index (χ0) is 17.7. The van der Waals surface area contributed by atoms with Gasteiger partial charge in [-0.2, -0.15) is 4.31 Å². The van der Waals surface area contributed by atoms with Gasteiger partial charge in [-0.1, -0.05) is 6.92 Å². The predicted octanol–water partition coefficient (Wildman–Crippen LogP) is 2.59. The zero-order valence-electron chi connectivity index (χ0n) is 14.9. The summed E-state index contributed by atoms with van der Waals surface area (Å²) >= 11 is 0. The lowest BCUT2D eigenvalue weighted by atomic mass is 10.1. The van der Waals surface area contributed by atoms with Crippen molar-refractivity contribution in [2.75, 3.05) is 33.9 Å². The Bertz CT molecular complexity index is 653. The lowest BCUT2D eigenvalue weighted by Gasteiger charge is -2.29. The van der Waals surface area contributed by atoms with Crippen LogP contribution in [-0.2, 0) is 14.8 Å². The fraction of sp³-hybridized carbons (Fsp3) is 0.647. The quantitative estimate of drug-likeness (QED) is 0.750. The molecule has 1 atom stereocenters. The van der Waals surface area contributed by atoms with Gasteiger partial charge in [0.2, 0.25) is 10.0 Å². The summed E-state index contributed by atoms with van der Waals surface area (Å²) in [6.07, 6.45) is 2.95. The van der Waals surface area contributed by atoms with E-state index >= 15 is 0 Å². The predicted molar refractivity (Wildman–Crippen MR) is 92.3 cm³/mol. The SMILES string of the molecule is CCN(CC1CCCCO1)S(=O)(=O)c1cc(OC)c(C)cc1OC. The molecule has 0 radical (unpaired) electrons. The van der Waals surface area contributed by atoms with Crippen molar-refractivity contribution in [1.82, 2.24) is 4.31 Å². The second-order valence-corrected chi connectivity index (χ2v) is 7.82. The number of ether oxygens (including phenoxy) is 3. The number of nitrogens with zero attached hydrogens (tertiary/aromatic N) is 1. The maximum atomic E-state index is 13.1. The van der Waals surface area contributed by atoms with Crippen molar-refractivity contribution in [1.29, 1.82) is 0 Å². The maximum absolute atomic E-state index is 13.1. The molecule has 1 heterocycles. The molecular formula is C17H27NO5S. The van der Waals surface area contributed by atoms with Crippen LogP contribution in [0.5, 0.6) is 11.5 Å². The van der Waals surface area contributed by atoms with Crippen LogP contribution >= 0.6 is 0 Å². The Morgan fingerprint density at radius 1 is 1.21 bits per heavy atom. The molecule has 1 aromatic rings. The number of hydrogen-bond acceptors (Lipinski definition) is 5. The number of sulfonamides is 1. The lowest BCUT2D eigenvalue weighted by Crippen LogP contribution is -2.39. The molecule has 1 saturated heterocycles. The molecule has 1 fully saturated rings. The summed E-state index contributed by atoms with van der Waals surface area (Å²) in [5, 5.41) is 0. The van der Waals surface area contributed by atoms with Gasteiger partial charge in [0.15, 0.2) is 0 Å². The van der Waals surface area contributed by atoms with Gasteiger partial charge in [-0.05, 0) is 37.8 Å². The standard InChI is InChI=1S/C17H27NO5S/c1-5-18(12-14-8-6-7-9-23-14)24(19,20)17-11-15(21-3)13(2)10-16(17)22-4/h10-11,14H,5-9,12H2,1-4H3. The smallest absolute Gasteiger partial charge is 0.246 e. The van der Waals surface area contributed by atoms with Crippen LogP contribution in [0.1, 0.15) is 31.7 Å². The van der Waals surface area contributed by atoms with Crippen LogP contribution < -0.4 is 9.47 Å². The van der Waals surface area contributed by atoms with Crippen molar-refractivity contribution in [3.63, 3.8) is 0 Å². The number of rotatable bonds is 7. The van der Waals surface area contributed by atoms with Crippen LogP contribution in [0.25, 0.3) is 0 Å². The molecule has 1 aliphatic rings. The lowest BCUT2D eigenvalue weighted by molar-refractivity contribution is 0.00669. The van der Waals surface area contributed by atoms with Crippen LogP contribution in [0.4, 0.5) is 0 Å². The van der Waals surface area contributed by atoms with Crippen LogP contribution in [0, 0.1) is 6.92 Å². The zero-order valence-corrected chi connectivity index (χ0v) is 15.7. The van der Waals surface area contributed by atoms with Crippen molar-refractivity contribution in [3.8, 4) is 11.5 Å². The Balaban J connectivity index is 2.35. The van der Waals surface area contributed by atoms with Gasteiger partial charge in [0.25, 0.3) is 0 Å². The van der Waals surface area contributed by atoms with Crippen molar-refractivity contribution in [2.24, 2.45) is 0 Å². The molecule has 0 spiro atoms. The first-order chi connectivity index (χ1) is 11.4. The van der Waals surface area contributed by atoms with Gasteiger partial charge in [-0.25, -0.2) is 8.42 Å². The molecule has 1 aromatic carbocycles. The van der Waals surface area contributed by atoms with Crippen LogP contribution in [0.15, 0.2) is 17.0 Å². The molecular weight excluding hydrogens is 330 g/mol. The average Bonchev–Trinajstić information content (AvgIpc) is 2.59. The highest BCUT2D eigenvalue weighted by Crippen LogP contribution is 2.33. The van der Waals surface area contributed by atoms with Crippen LogP contribution in [0.3, 0.4) is 0 Å². The average molecular weight is 357 g/mol. The molecule has 1 aliphatic heterocycles. The summed E-state index contributed by atoms with van der Waals surface area (Å²) < 4.78 is 44.0. The first-order valence-corrected chi connectivity index (χ1v) is 9.72. The van der Waals surface area contributed by atoms with E-state index in [-0.39, 0.29) is 11.0 Å². The number of hydrogen-bond donors (Lipinski definition) is 0. The van der Waals surface area contributed by atoms with Crippen molar-refractivity contribution in [2.45, 2.75) is 44.1 Å². The van der Waals surface area contributed by atoms with E-state index in [2.05, 4.69) is 0 Å². The molecule has 136 valence electrons. The van der Waals surface area contributed by atoms with Gasteiger partial charge in [0, 0.05) is 25.8 Å². The second kappa shape index (κ2) is 8.18. The van der Waals surface area contributed by atoms with Gasteiger partial charge in [0.1, 0.15) is 16.4 Å². The molecule has 7 heteroatoms. The molecule has 0 saturated carbocycles. The van der Waals surface area contributed by atoms with Gasteiger partial charge in [-0.15, -0.1) is 0 Å². The summed E-state index contributed by atoms with van der Waals surface area (Å²) in [6, 6.07) is 3.23. The third kappa shape index (κ3) is 4.02. The topological polar surface area (TPSA) is 65.1 Å². The number of benzene rings is 1. The van der Waals surface area contributed by atoms with E-state index < -0.39 is 10.0 Å². The number of likely N-dealkylation sites (N-methyl/N-ethyl adjacent to an activating group) is 1. The highest BCUT2D eigenvalue weighted by molar-refractivity contribution is 7.89. The van der Waals surface area contributed by atoms with Crippen LogP contribution in [0.2, 0.25) is 0 Å². The Morgan fingerprint density at radius 2 is 1.92 bits per heavy atom. The minimum Gasteiger partial charge on any atom is -0.496 e. The minimum atomic E-state index is -3.69. The van der Waals surface area contributed by atoms with E-state index in [0.29, 0.717) is 31.2 Å². The third-order valence-electron chi connectivity index (χ3n) is 4.33. The molecule has 2 rings (SSSR count). The van der Waals surface area contributed by atoms with E-state index in [1.54, 1.807) is 6.07 Å². The summed E-state index contributed by atoms with van der Waals surface area (Å²) in [4.78, 5) is 0.130. The third-order valence-corrected chi connectivity index (χ3v) is 6.29. The Kier molecular flexibility index (Phi) is 6.48. The van der Waals surface area contributed by atoms with Gasteiger partial charge in [0.05, 0.1) is 20.3 Å². The van der Waals surface area contributed by atoms with E-state index in [0.717, 1.165) is 24.8 Å². The molecule has 0 amide bonds. The molecule has 24 heavy (non-hydrogen) atoms. The highest BCUT2D eigenvalue weighted by atomic mass is 32.2. The van der Waals surface area contributed by atoms with Gasteiger partial charge >= 0.3 is 0 Å². The largest absolute Gasteiger partial charge is 0.496 e. The van der Waals surface area contributed by atoms with E-state index in [1.807, 2.05) is 13.8 Å². The molecule has 0 N–H and O–H groups in total. The van der Waals surface area contributed by atoms with Crippen molar-refractivity contribution < 1.29 is 22.6 Å². The molecule has 0 aliphatic carbocycles. The summed E-state index contributed by atoms with van der Waals surface area (Å²) in [5.74, 6) is 0.857. The molecule has 0 bridgehead atoms. The summed E-state index contributed by atoms with van der Waals surface area (Å²) in [7, 11) is -0.695. The number of aryl methyl sites for hydroxylation is 1. The fourth-order valence-corrected chi connectivity index (χ4v) is 4.57. The van der Waals surface area contributed by atoms with Gasteiger partial charge in [-0.3, -0.25) is 0 Å². The van der Waals surface area contributed by atoms with Crippen molar-refractivity contribution in [3.05, 3.63) is 17.7 Å². The fourth-order valence-electron chi connectivity index (χ4n) is 2.94. The van der Waals surface area contributed by atoms with Crippen LogP contribution in [-0.4, -0.2) is 52.7 Å². The monoisotopic (exact) mass is 357 g/mol. The molecule has 0 aromatic heterocycles. The molecule has 6 nitrogen and oxygen atoms in total. The minimum absolute atomic E-state index is 0.0492. The normalized spacial score (nSPS) is 18.6. The van der Waals surface area contributed by atoms with E-state index in [9.17, 15) is 8.42 Å². The first kappa shape index (κ1) is 19.0. The van der Waals surface area contributed by atoms with Gasteiger partial charge < -0.3 is 14.2 Å². The second-order valence-electron chi connectivity index (χ2n) is 5.92. The van der Waals surface area contributed by atoms with E-state index in [1.165, 1.54) is 24.6 Å². The molecule has 1 unspecified atom stereocenters. The van der Waals surface area contributed by atoms with E-state index in [4.69, 9.17) is 14.2 Å². The summed E-state index contributed by atoms with van der Waals surface area (Å²) in [5.41, 5.74) is 0.826. The Morgan fingerprint density at radius 3 is 2.46 bits per heavy atom. The maximum Gasteiger partial charge on any atom is 0.246 e. The first-order valence-electron chi connectivity index (χ1n) is 8.28. The number of methoxy groups -OCH3 is 2. The highest BCUT2D eigenvalue weighted by Gasteiger charge is 2.30. The summed E-state index contributed by atoms with van der Waals surface area (Å²) in [6.45, 7) is 5.12. The van der Waals surface area contributed by atoms with Crippen molar-refractivity contribution >= 4 is 10.0 Å².